The zero-order valence-corrected chi connectivity index (χ0v) is 15.2. The molecular weight excluding hydrogens is 352 g/mol. The van der Waals surface area contributed by atoms with E-state index >= 15 is 0 Å². The lowest BCUT2D eigenvalue weighted by molar-refractivity contribution is -0.155. The van der Waals surface area contributed by atoms with Crippen LogP contribution in [0.5, 0.6) is 0 Å². The molecule has 2 amide bonds. The highest BCUT2D eigenvalue weighted by atomic mass is 16.5. The second-order valence-corrected chi connectivity index (χ2v) is 6.59. The van der Waals surface area contributed by atoms with E-state index in [9.17, 15) is 19.2 Å². The number of hydrogen-bond donors (Lipinski definition) is 2. The van der Waals surface area contributed by atoms with Crippen LogP contribution in [0.4, 0.5) is 0 Å². The van der Waals surface area contributed by atoms with Gasteiger partial charge in [0.05, 0.1) is 25.0 Å². The standard InChI is InChI=1S/C19H22N2O6/c1-3-26-17(24)14-12-13(16(23)20-15(12)22)19(21-14,18(25)27-4-2)10-11-8-6-5-7-9-11/h5-9,12-14,21H,3-4,10H2,1-2H3,(H,20,22,23)/t12-,13-,14+,19-/m0/s1. The number of esters is 2. The minimum absolute atomic E-state index is 0.102. The fourth-order valence-corrected chi connectivity index (χ4v) is 3.96. The fourth-order valence-electron chi connectivity index (χ4n) is 3.96. The van der Waals surface area contributed by atoms with Crippen molar-refractivity contribution >= 4 is 23.8 Å². The molecule has 27 heavy (non-hydrogen) atoms. The van der Waals surface area contributed by atoms with Crippen molar-refractivity contribution in [2.75, 3.05) is 13.2 Å². The third kappa shape index (κ3) is 3.21. The molecule has 0 unspecified atom stereocenters. The zero-order chi connectivity index (χ0) is 19.6. The third-order valence-electron chi connectivity index (χ3n) is 5.00. The Labute approximate surface area is 156 Å². The van der Waals surface area contributed by atoms with E-state index in [1.54, 1.807) is 13.8 Å². The molecule has 0 aliphatic carbocycles. The van der Waals surface area contributed by atoms with Gasteiger partial charge in [-0.2, -0.15) is 0 Å². The first-order chi connectivity index (χ1) is 12.9. The largest absolute Gasteiger partial charge is 0.465 e. The topological polar surface area (TPSA) is 111 Å². The Balaban J connectivity index is 2.07. The number of imide groups is 1. The minimum atomic E-state index is -1.53. The molecule has 144 valence electrons. The van der Waals surface area contributed by atoms with Gasteiger partial charge < -0.3 is 9.47 Å². The molecule has 0 radical (unpaired) electrons. The second-order valence-electron chi connectivity index (χ2n) is 6.59. The summed E-state index contributed by atoms with van der Waals surface area (Å²) in [5.74, 6) is -4.59. The molecule has 1 aromatic carbocycles. The number of hydrogen-bond acceptors (Lipinski definition) is 7. The van der Waals surface area contributed by atoms with Crippen LogP contribution >= 0.6 is 0 Å². The number of carbonyl (C=O) groups is 4. The van der Waals surface area contributed by atoms with Gasteiger partial charge in [0.1, 0.15) is 11.6 Å². The summed E-state index contributed by atoms with van der Waals surface area (Å²) in [7, 11) is 0. The summed E-state index contributed by atoms with van der Waals surface area (Å²) in [6.45, 7) is 3.53. The molecule has 2 aliphatic rings. The minimum Gasteiger partial charge on any atom is -0.465 e. The molecule has 2 aliphatic heterocycles. The van der Waals surface area contributed by atoms with Crippen LogP contribution in [0.1, 0.15) is 19.4 Å². The first kappa shape index (κ1) is 19.0. The lowest BCUT2D eigenvalue weighted by Crippen LogP contribution is -2.59. The predicted octanol–water partition coefficient (Wildman–Crippen LogP) is -0.0453. The first-order valence-corrected chi connectivity index (χ1v) is 8.94. The van der Waals surface area contributed by atoms with Gasteiger partial charge in [-0.15, -0.1) is 0 Å². The maximum Gasteiger partial charge on any atom is 0.327 e. The number of benzene rings is 1. The van der Waals surface area contributed by atoms with Crippen LogP contribution < -0.4 is 10.6 Å². The van der Waals surface area contributed by atoms with Gasteiger partial charge in [0, 0.05) is 6.42 Å². The molecule has 0 bridgehead atoms. The van der Waals surface area contributed by atoms with Crippen molar-refractivity contribution in [3.63, 3.8) is 0 Å². The highest BCUT2D eigenvalue weighted by Crippen LogP contribution is 2.42. The third-order valence-corrected chi connectivity index (χ3v) is 5.00. The van der Waals surface area contributed by atoms with E-state index in [-0.39, 0.29) is 19.6 Å². The molecule has 0 spiro atoms. The average molecular weight is 374 g/mol. The van der Waals surface area contributed by atoms with Gasteiger partial charge in [-0.1, -0.05) is 30.3 Å². The van der Waals surface area contributed by atoms with E-state index in [2.05, 4.69) is 10.6 Å². The highest BCUT2D eigenvalue weighted by molar-refractivity contribution is 6.11. The maximum atomic E-state index is 13.0. The predicted molar refractivity (Wildman–Crippen MR) is 93.2 cm³/mol. The van der Waals surface area contributed by atoms with Crippen molar-refractivity contribution < 1.29 is 28.7 Å². The van der Waals surface area contributed by atoms with E-state index in [4.69, 9.17) is 9.47 Å². The lowest BCUT2D eigenvalue weighted by Gasteiger charge is -2.31. The number of rotatable bonds is 6. The van der Waals surface area contributed by atoms with Crippen LogP contribution in [0, 0.1) is 11.8 Å². The summed E-state index contributed by atoms with van der Waals surface area (Å²) >= 11 is 0. The SMILES string of the molecule is CCOC(=O)[C@@H]1N[C@](Cc2ccccc2)(C(=O)OCC)[C@@H]2C(=O)NC(=O)[C@@H]21. The molecule has 2 N–H and O–H groups in total. The number of fused-ring (bicyclic) bond motifs is 1. The summed E-state index contributed by atoms with van der Waals surface area (Å²) in [5.41, 5.74) is -0.760. The Bertz CT molecular complexity index is 765. The molecule has 0 saturated carbocycles. The first-order valence-electron chi connectivity index (χ1n) is 8.94. The van der Waals surface area contributed by atoms with E-state index < -0.39 is 47.2 Å². The molecule has 8 heteroatoms. The van der Waals surface area contributed by atoms with E-state index in [1.807, 2.05) is 30.3 Å². The molecule has 2 heterocycles. The molecule has 4 atom stereocenters. The van der Waals surface area contributed by atoms with Crippen LogP contribution in [-0.4, -0.2) is 48.5 Å². The summed E-state index contributed by atoms with van der Waals surface area (Å²) in [5, 5.41) is 5.20. The second kappa shape index (κ2) is 7.48. The van der Waals surface area contributed by atoms with E-state index in [1.165, 1.54) is 0 Å². The molecule has 2 fully saturated rings. The summed E-state index contributed by atoms with van der Waals surface area (Å²) in [6, 6.07) is 7.97. The number of ether oxygens (including phenoxy) is 2. The monoisotopic (exact) mass is 374 g/mol. The molecule has 8 nitrogen and oxygen atoms in total. The van der Waals surface area contributed by atoms with Crippen molar-refractivity contribution in [2.24, 2.45) is 11.8 Å². The zero-order valence-electron chi connectivity index (χ0n) is 15.2. The van der Waals surface area contributed by atoms with E-state index in [0.717, 1.165) is 5.56 Å². The van der Waals surface area contributed by atoms with Crippen molar-refractivity contribution in [1.82, 2.24) is 10.6 Å². The highest BCUT2D eigenvalue weighted by Gasteiger charge is 2.68. The van der Waals surface area contributed by atoms with Gasteiger partial charge in [0.2, 0.25) is 11.8 Å². The number of amides is 2. The van der Waals surface area contributed by atoms with Gasteiger partial charge in [-0.25, -0.2) is 0 Å². The smallest absolute Gasteiger partial charge is 0.327 e. The van der Waals surface area contributed by atoms with Gasteiger partial charge in [-0.05, 0) is 19.4 Å². The van der Waals surface area contributed by atoms with Crippen LogP contribution in [0.15, 0.2) is 30.3 Å². The summed E-state index contributed by atoms with van der Waals surface area (Å²) in [6.07, 6.45) is 0.102. The van der Waals surface area contributed by atoms with Gasteiger partial charge >= 0.3 is 11.9 Å². The molecule has 0 aromatic heterocycles. The Hall–Kier alpha value is -2.74. The summed E-state index contributed by atoms with van der Waals surface area (Å²) in [4.78, 5) is 50.3. The van der Waals surface area contributed by atoms with Crippen LogP contribution in [-0.2, 0) is 35.1 Å². The lowest BCUT2D eigenvalue weighted by atomic mass is 9.76. The Morgan fingerprint density at radius 2 is 1.70 bits per heavy atom. The van der Waals surface area contributed by atoms with Crippen LogP contribution in [0.25, 0.3) is 0 Å². The molecule has 3 rings (SSSR count). The van der Waals surface area contributed by atoms with Gasteiger partial charge in [0.25, 0.3) is 0 Å². The summed E-state index contributed by atoms with van der Waals surface area (Å²) < 4.78 is 10.3. The van der Waals surface area contributed by atoms with Gasteiger partial charge in [0.15, 0.2) is 0 Å². The van der Waals surface area contributed by atoms with Crippen molar-refractivity contribution in [3.05, 3.63) is 35.9 Å². The molecule has 1 aromatic rings. The van der Waals surface area contributed by atoms with Crippen molar-refractivity contribution in [2.45, 2.75) is 31.8 Å². The molecular formula is C19H22N2O6. The van der Waals surface area contributed by atoms with Crippen LogP contribution in [0.2, 0.25) is 0 Å². The number of nitrogens with one attached hydrogen (secondary N) is 2. The Kier molecular flexibility index (Phi) is 5.27. The van der Waals surface area contributed by atoms with Crippen LogP contribution in [0.3, 0.4) is 0 Å². The quantitative estimate of drug-likeness (QED) is 0.531. The fraction of sp³-hybridized carbons (Fsp3) is 0.474. The Morgan fingerprint density at radius 1 is 1.04 bits per heavy atom. The Morgan fingerprint density at radius 3 is 2.33 bits per heavy atom. The molecule has 2 saturated heterocycles. The number of carbonyl (C=O) groups excluding carboxylic acids is 4. The van der Waals surface area contributed by atoms with E-state index in [0.29, 0.717) is 0 Å². The average Bonchev–Trinajstić information content (AvgIpc) is 3.14. The normalized spacial score (nSPS) is 29.2. The van der Waals surface area contributed by atoms with Crippen molar-refractivity contribution in [1.29, 1.82) is 0 Å². The maximum absolute atomic E-state index is 13.0. The van der Waals surface area contributed by atoms with Crippen molar-refractivity contribution in [3.8, 4) is 0 Å². The van der Waals surface area contributed by atoms with Gasteiger partial charge in [-0.3, -0.25) is 29.8 Å².